The highest BCUT2D eigenvalue weighted by Gasteiger charge is 2.35. The molecule has 29 heavy (non-hydrogen) atoms. The van der Waals surface area contributed by atoms with Gasteiger partial charge in [-0.3, -0.25) is 4.79 Å². The minimum absolute atomic E-state index is 0.000128. The van der Waals surface area contributed by atoms with Gasteiger partial charge < -0.3 is 24.5 Å². The normalized spacial score (nSPS) is 18.0. The van der Waals surface area contributed by atoms with E-state index in [-0.39, 0.29) is 18.6 Å². The Morgan fingerprint density at radius 3 is 2.59 bits per heavy atom. The van der Waals surface area contributed by atoms with Gasteiger partial charge in [0, 0.05) is 37.8 Å². The molecule has 1 aromatic rings. The van der Waals surface area contributed by atoms with Gasteiger partial charge in [0.15, 0.2) is 6.61 Å². The Kier molecular flexibility index (Phi) is 5.99. The number of likely N-dealkylation sites (tertiary alicyclic amines) is 1. The number of nitriles is 1. The van der Waals surface area contributed by atoms with E-state index in [4.69, 9.17) is 10.00 Å². The van der Waals surface area contributed by atoms with E-state index < -0.39 is 11.6 Å². The standard InChI is InChI=1S/C21H28N4O4/c1-21(2,3)25(20(27)28)16-6-8-23(9-7-16)10-11-24-17-12-15(13-22)4-5-18(17)29-14-19(24)26/h4-5,12,16H,6-11,14H2,1-3H3,(H,27,28). The van der Waals surface area contributed by atoms with Crippen molar-refractivity contribution < 1.29 is 19.4 Å². The van der Waals surface area contributed by atoms with E-state index in [9.17, 15) is 14.7 Å². The number of amides is 2. The first kappa shape index (κ1) is 20.9. The van der Waals surface area contributed by atoms with Crippen LogP contribution in [0.1, 0.15) is 39.2 Å². The second-order valence-corrected chi connectivity index (χ2v) is 8.52. The predicted molar refractivity (Wildman–Crippen MR) is 108 cm³/mol. The third kappa shape index (κ3) is 4.62. The van der Waals surface area contributed by atoms with E-state index in [1.54, 1.807) is 28.0 Å². The van der Waals surface area contributed by atoms with E-state index in [1.165, 1.54) is 0 Å². The molecular weight excluding hydrogens is 372 g/mol. The summed E-state index contributed by atoms with van der Waals surface area (Å²) in [5.74, 6) is 0.497. The molecule has 1 aromatic carbocycles. The Morgan fingerprint density at radius 2 is 2.00 bits per heavy atom. The van der Waals surface area contributed by atoms with Crippen LogP contribution in [0.4, 0.5) is 10.5 Å². The number of carboxylic acid groups (broad SMARTS) is 1. The quantitative estimate of drug-likeness (QED) is 0.834. The minimum Gasteiger partial charge on any atom is -0.482 e. The summed E-state index contributed by atoms with van der Waals surface area (Å²) in [6.07, 6.45) is 0.672. The van der Waals surface area contributed by atoms with E-state index in [0.717, 1.165) is 25.9 Å². The van der Waals surface area contributed by atoms with Crippen LogP contribution in [0.3, 0.4) is 0 Å². The molecule has 2 amide bonds. The van der Waals surface area contributed by atoms with E-state index in [1.807, 2.05) is 20.8 Å². The molecule has 0 aromatic heterocycles. The van der Waals surface area contributed by atoms with Crippen molar-refractivity contribution in [3.05, 3.63) is 23.8 Å². The molecule has 3 rings (SSSR count). The van der Waals surface area contributed by atoms with Gasteiger partial charge in [-0.25, -0.2) is 4.79 Å². The van der Waals surface area contributed by atoms with E-state index in [2.05, 4.69) is 11.0 Å². The predicted octanol–water partition coefficient (Wildman–Crippen LogP) is 2.53. The smallest absolute Gasteiger partial charge is 0.407 e. The number of nitrogens with zero attached hydrogens (tertiary/aromatic N) is 4. The number of hydrogen-bond donors (Lipinski definition) is 1. The van der Waals surface area contributed by atoms with Gasteiger partial charge >= 0.3 is 6.09 Å². The average molecular weight is 400 g/mol. The maximum Gasteiger partial charge on any atom is 0.407 e. The lowest BCUT2D eigenvalue weighted by Crippen LogP contribution is -2.55. The topological polar surface area (TPSA) is 97.1 Å². The Hall–Kier alpha value is -2.79. The average Bonchev–Trinajstić information content (AvgIpc) is 2.66. The summed E-state index contributed by atoms with van der Waals surface area (Å²) in [7, 11) is 0. The van der Waals surface area contributed by atoms with Gasteiger partial charge in [-0.05, 0) is 51.8 Å². The number of rotatable bonds is 4. The number of benzene rings is 1. The van der Waals surface area contributed by atoms with Crippen LogP contribution in [0.5, 0.6) is 5.75 Å². The summed E-state index contributed by atoms with van der Waals surface area (Å²) in [5.41, 5.74) is 0.699. The zero-order valence-electron chi connectivity index (χ0n) is 17.2. The van der Waals surface area contributed by atoms with E-state index in [0.29, 0.717) is 30.1 Å². The van der Waals surface area contributed by atoms with Gasteiger partial charge in [0.2, 0.25) is 0 Å². The first-order chi connectivity index (χ1) is 13.7. The Morgan fingerprint density at radius 1 is 1.31 bits per heavy atom. The molecule has 0 radical (unpaired) electrons. The number of ether oxygens (including phenoxy) is 1. The van der Waals surface area contributed by atoms with Crippen LogP contribution in [0.15, 0.2) is 18.2 Å². The number of hydrogen-bond acceptors (Lipinski definition) is 5. The van der Waals surface area contributed by atoms with Crippen molar-refractivity contribution in [2.24, 2.45) is 0 Å². The summed E-state index contributed by atoms with van der Waals surface area (Å²) in [6, 6.07) is 7.20. The summed E-state index contributed by atoms with van der Waals surface area (Å²) < 4.78 is 5.48. The zero-order valence-corrected chi connectivity index (χ0v) is 17.2. The molecule has 1 N–H and O–H groups in total. The molecule has 2 heterocycles. The van der Waals surface area contributed by atoms with Gasteiger partial charge in [-0.15, -0.1) is 0 Å². The second kappa shape index (κ2) is 8.29. The van der Waals surface area contributed by atoms with Crippen LogP contribution in [0, 0.1) is 11.3 Å². The highest BCUT2D eigenvalue weighted by molar-refractivity contribution is 5.98. The Labute approximate surface area is 171 Å². The van der Waals surface area contributed by atoms with Gasteiger partial charge in [0.25, 0.3) is 5.91 Å². The van der Waals surface area contributed by atoms with Crippen LogP contribution in [-0.2, 0) is 4.79 Å². The lowest BCUT2D eigenvalue weighted by molar-refractivity contribution is -0.121. The fourth-order valence-electron chi connectivity index (χ4n) is 4.15. The lowest BCUT2D eigenvalue weighted by Gasteiger charge is -2.43. The first-order valence-electron chi connectivity index (χ1n) is 9.92. The molecule has 1 fully saturated rings. The third-order valence-electron chi connectivity index (χ3n) is 5.52. The van der Waals surface area contributed by atoms with Crippen LogP contribution >= 0.6 is 0 Å². The van der Waals surface area contributed by atoms with Crippen molar-refractivity contribution in [2.75, 3.05) is 37.7 Å². The molecule has 8 heteroatoms. The molecule has 8 nitrogen and oxygen atoms in total. The molecule has 1 saturated heterocycles. The molecule has 0 atom stereocenters. The number of anilines is 1. The van der Waals surface area contributed by atoms with Gasteiger partial charge in [0.1, 0.15) is 5.75 Å². The molecule has 0 spiro atoms. The number of piperidine rings is 1. The first-order valence-corrected chi connectivity index (χ1v) is 9.92. The van der Waals surface area contributed by atoms with Crippen molar-refractivity contribution in [1.82, 2.24) is 9.80 Å². The van der Waals surface area contributed by atoms with Gasteiger partial charge in [-0.2, -0.15) is 5.26 Å². The number of carbonyl (C=O) groups is 2. The SMILES string of the molecule is CC(C)(C)N(C(=O)O)C1CCN(CCN2C(=O)COc3ccc(C#N)cc32)CC1. The molecule has 156 valence electrons. The highest BCUT2D eigenvalue weighted by Crippen LogP contribution is 2.33. The Balaban J connectivity index is 1.61. The molecule has 0 saturated carbocycles. The number of fused-ring (bicyclic) bond motifs is 1. The summed E-state index contributed by atoms with van der Waals surface area (Å²) >= 11 is 0. The fourth-order valence-corrected chi connectivity index (χ4v) is 4.15. The van der Waals surface area contributed by atoms with Crippen molar-refractivity contribution in [3.8, 4) is 11.8 Å². The molecule has 2 aliphatic rings. The fraction of sp³-hybridized carbons (Fsp3) is 0.571. The third-order valence-corrected chi connectivity index (χ3v) is 5.52. The van der Waals surface area contributed by atoms with Crippen LogP contribution in [0.2, 0.25) is 0 Å². The maximum atomic E-state index is 12.4. The largest absolute Gasteiger partial charge is 0.482 e. The molecule has 2 aliphatic heterocycles. The van der Waals surface area contributed by atoms with Crippen molar-refractivity contribution in [3.63, 3.8) is 0 Å². The lowest BCUT2D eigenvalue weighted by atomic mass is 9.97. The minimum atomic E-state index is -0.875. The molecular formula is C21H28N4O4. The van der Waals surface area contributed by atoms with Crippen LogP contribution in [-0.4, -0.2) is 71.3 Å². The van der Waals surface area contributed by atoms with Gasteiger partial charge in [0.05, 0.1) is 17.3 Å². The summed E-state index contributed by atoms with van der Waals surface area (Å²) in [4.78, 5) is 29.6. The molecule has 0 bridgehead atoms. The summed E-state index contributed by atoms with van der Waals surface area (Å²) in [5, 5.41) is 18.7. The number of carbonyl (C=O) groups excluding carboxylic acids is 1. The maximum absolute atomic E-state index is 12.4. The Bertz CT molecular complexity index is 819. The van der Waals surface area contributed by atoms with E-state index >= 15 is 0 Å². The second-order valence-electron chi connectivity index (χ2n) is 8.52. The highest BCUT2D eigenvalue weighted by atomic mass is 16.5. The summed E-state index contributed by atoms with van der Waals surface area (Å²) in [6.45, 7) is 8.54. The zero-order chi connectivity index (χ0) is 21.2. The van der Waals surface area contributed by atoms with Crippen molar-refractivity contribution >= 4 is 17.7 Å². The van der Waals surface area contributed by atoms with Crippen molar-refractivity contribution in [2.45, 2.75) is 45.2 Å². The van der Waals surface area contributed by atoms with Crippen molar-refractivity contribution in [1.29, 1.82) is 5.26 Å². The van der Waals surface area contributed by atoms with Gasteiger partial charge in [-0.1, -0.05) is 0 Å². The van der Waals surface area contributed by atoms with Crippen LogP contribution < -0.4 is 9.64 Å². The molecule has 0 unspecified atom stereocenters. The van der Waals surface area contributed by atoms with Crippen LogP contribution in [0.25, 0.3) is 0 Å². The molecule has 0 aliphatic carbocycles. The monoisotopic (exact) mass is 400 g/mol.